The van der Waals surface area contributed by atoms with Gasteiger partial charge in [0.25, 0.3) is 0 Å². The smallest absolute Gasteiger partial charge is 0.358 e. The first kappa shape index (κ1) is 22.5. The Labute approximate surface area is 87.0 Å². The molecular weight excluding hydrogens is 315 g/mol. The topological polar surface area (TPSA) is 0 Å². The van der Waals surface area contributed by atoms with Crippen LogP contribution in [0.5, 0.6) is 0 Å². The molecule has 0 aliphatic heterocycles. The van der Waals surface area contributed by atoms with Crippen molar-refractivity contribution in [3.05, 3.63) is 39.2 Å². The van der Waals surface area contributed by atoms with E-state index in [0.29, 0.717) is 0 Å². The summed E-state index contributed by atoms with van der Waals surface area (Å²) in [5.74, 6) is 0. The van der Waals surface area contributed by atoms with Crippen molar-refractivity contribution < 1.29 is 21.1 Å². The first-order valence-electron chi connectivity index (χ1n) is 2.91. The third-order valence-corrected chi connectivity index (χ3v) is 0.979. The zero-order valence-electron chi connectivity index (χ0n) is 8.14. The van der Waals surface area contributed by atoms with Crippen molar-refractivity contribution in [1.82, 2.24) is 0 Å². The Kier molecular flexibility index (Phi) is 26.2. The van der Waals surface area contributed by atoms with Crippen LogP contribution in [0.25, 0.3) is 0 Å². The maximum Gasteiger partial charge on any atom is 2.00 e. The maximum atomic E-state index is 3.79. The van der Waals surface area contributed by atoms with E-state index >= 15 is 0 Å². The van der Waals surface area contributed by atoms with Crippen LogP contribution in [-0.4, -0.2) is 0 Å². The molecule has 0 aromatic rings. The average Bonchev–Trinajstić information content (AvgIpc) is 1.61. The number of hydrogen-bond acceptors (Lipinski definition) is 0. The molecule has 0 heterocycles. The van der Waals surface area contributed by atoms with Crippen LogP contribution < -0.4 is 0 Å². The Hall–Kier alpha value is 0.168. The molecule has 0 radical (unpaired) electrons. The van der Waals surface area contributed by atoms with Crippen molar-refractivity contribution in [2.24, 2.45) is 0 Å². The first-order chi connectivity index (χ1) is 3.63. The molecule has 0 rings (SSSR count). The van der Waals surface area contributed by atoms with Gasteiger partial charge in [0.05, 0.1) is 0 Å². The molecular formula is C10H20Pt. The fraction of sp³-hybridized carbons (Fsp3) is 0.400. The molecule has 0 saturated carbocycles. The summed E-state index contributed by atoms with van der Waals surface area (Å²) in [6.07, 6.45) is 2.19. The molecule has 0 bridgehead atoms. The van der Waals surface area contributed by atoms with Gasteiger partial charge in [0.15, 0.2) is 0 Å². The van der Waals surface area contributed by atoms with Gasteiger partial charge in [-0.1, -0.05) is 11.1 Å². The quantitative estimate of drug-likeness (QED) is 0.543. The largest absolute Gasteiger partial charge is 2.00 e. The SMILES string of the molecule is C=C(C)CCC(=C)C.[CH3-].[CH3-].[Pt+2]. The van der Waals surface area contributed by atoms with Crippen LogP contribution in [0.4, 0.5) is 0 Å². The second-order valence-corrected chi connectivity index (χ2v) is 2.41. The molecule has 0 amide bonds. The van der Waals surface area contributed by atoms with Crippen molar-refractivity contribution in [2.75, 3.05) is 0 Å². The Morgan fingerprint density at radius 2 is 1.09 bits per heavy atom. The molecule has 0 N–H and O–H groups in total. The summed E-state index contributed by atoms with van der Waals surface area (Å²) in [4.78, 5) is 0. The molecule has 70 valence electrons. The standard InChI is InChI=1S/C8H14.2CH3.Pt/c1-7(2)5-6-8(3)4;;;/h1,3,5-6H2,2,4H3;2*1H3;/q;2*-1;+2. The monoisotopic (exact) mass is 335 g/mol. The second-order valence-electron chi connectivity index (χ2n) is 2.41. The van der Waals surface area contributed by atoms with Gasteiger partial charge in [0.1, 0.15) is 0 Å². The van der Waals surface area contributed by atoms with Gasteiger partial charge in [-0.2, -0.15) is 0 Å². The van der Waals surface area contributed by atoms with E-state index in [9.17, 15) is 0 Å². The van der Waals surface area contributed by atoms with Crippen molar-refractivity contribution >= 4 is 0 Å². The Morgan fingerprint density at radius 1 is 0.909 bits per heavy atom. The van der Waals surface area contributed by atoms with Crippen molar-refractivity contribution in [2.45, 2.75) is 26.7 Å². The summed E-state index contributed by atoms with van der Waals surface area (Å²) in [5.41, 5.74) is 2.49. The van der Waals surface area contributed by atoms with Gasteiger partial charge in [0.2, 0.25) is 0 Å². The molecule has 0 fully saturated rings. The van der Waals surface area contributed by atoms with Crippen LogP contribution in [0.2, 0.25) is 0 Å². The van der Waals surface area contributed by atoms with E-state index < -0.39 is 0 Å². The van der Waals surface area contributed by atoms with Gasteiger partial charge in [-0.25, -0.2) is 0 Å². The number of hydrogen-bond donors (Lipinski definition) is 0. The molecule has 0 atom stereocenters. The van der Waals surface area contributed by atoms with Gasteiger partial charge >= 0.3 is 21.1 Å². The summed E-state index contributed by atoms with van der Waals surface area (Å²) in [6, 6.07) is 0. The van der Waals surface area contributed by atoms with Crippen molar-refractivity contribution in [1.29, 1.82) is 0 Å². The number of rotatable bonds is 3. The minimum Gasteiger partial charge on any atom is -0.358 e. The van der Waals surface area contributed by atoms with Crippen LogP contribution in [-0.2, 0) is 21.1 Å². The average molecular weight is 335 g/mol. The maximum absolute atomic E-state index is 3.79. The third kappa shape index (κ3) is 25.4. The van der Waals surface area contributed by atoms with Crippen LogP contribution in [0, 0.1) is 14.9 Å². The molecule has 0 aromatic carbocycles. The minimum absolute atomic E-state index is 0. The Bertz CT molecular complexity index is 89.4. The predicted octanol–water partition coefficient (Wildman–Crippen LogP) is 3.82. The fourth-order valence-electron chi connectivity index (χ4n) is 0.427. The molecule has 0 unspecified atom stereocenters. The minimum atomic E-state index is 0. The van der Waals surface area contributed by atoms with Gasteiger partial charge < -0.3 is 14.9 Å². The molecule has 0 aliphatic rings. The molecule has 11 heavy (non-hydrogen) atoms. The summed E-state index contributed by atoms with van der Waals surface area (Å²) >= 11 is 0. The van der Waals surface area contributed by atoms with Gasteiger partial charge in [-0.05, 0) is 26.7 Å². The summed E-state index contributed by atoms with van der Waals surface area (Å²) in [5, 5.41) is 0. The molecule has 1 heteroatoms. The van der Waals surface area contributed by atoms with E-state index in [0.717, 1.165) is 12.8 Å². The normalized spacial score (nSPS) is 6.36. The first-order valence-corrected chi connectivity index (χ1v) is 2.91. The van der Waals surface area contributed by atoms with Gasteiger partial charge in [0, 0.05) is 0 Å². The molecule has 0 nitrogen and oxygen atoms in total. The number of allylic oxidation sites excluding steroid dienone is 2. The Morgan fingerprint density at radius 3 is 1.18 bits per heavy atom. The van der Waals surface area contributed by atoms with E-state index in [4.69, 9.17) is 0 Å². The zero-order valence-corrected chi connectivity index (χ0v) is 10.4. The van der Waals surface area contributed by atoms with Gasteiger partial charge in [-0.3, -0.25) is 0 Å². The van der Waals surface area contributed by atoms with Crippen LogP contribution in [0.1, 0.15) is 26.7 Å². The van der Waals surface area contributed by atoms with Crippen LogP contribution >= 0.6 is 0 Å². The van der Waals surface area contributed by atoms with E-state index in [-0.39, 0.29) is 35.9 Å². The Balaban J connectivity index is -0.0000000817. The van der Waals surface area contributed by atoms with E-state index in [2.05, 4.69) is 13.2 Å². The van der Waals surface area contributed by atoms with E-state index in [1.807, 2.05) is 13.8 Å². The van der Waals surface area contributed by atoms with Crippen LogP contribution in [0.3, 0.4) is 0 Å². The third-order valence-electron chi connectivity index (χ3n) is 0.979. The molecule has 0 saturated heterocycles. The van der Waals surface area contributed by atoms with Crippen molar-refractivity contribution in [3.63, 3.8) is 0 Å². The van der Waals surface area contributed by atoms with Crippen molar-refractivity contribution in [3.8, 4) is 0 Å². The van der Waals surface area contributed by atoms with E-state index in [1.54, 1.807) is 0 Å². The predicted molar refractivity (Wildman–Crippen MR) is 51.7 cm³/mol. The molecule has 0 spiro atoms. The summed E-state index contributed by atoms with van der Waals surface area (Å²) < 4.78 is 0. The molecule has 0 aliphatic carbocycles. The van der Waals surface area contributed by atoms with Crippen LogP contribution in [0.15, 0.2) is 24.3 Å². The fourth-order valence-corrected chi connectivity index (χ4v) is 0.427. The van der Waals surface area contributed by atoms with Gasteiger partial charge in [-0.15, -0.1) is 13.2 Å². The summed E-state index contributed by atoms with van der Waals surface area (Å²) in [6.45, 7) is 11.7. The summed E-state index contributed by atoms with van der Waals surface area (Å²) in [7, 11) is 0. The zero-order chi connectivity index (χ0) is 6.57. The molecule has 0 aromatic heterocycles. The van der Waals surface area contributed by atoms with E-state index in [1.165, 1.54) is 11.1 Å². The second kappa shape index (κ2) is 12.8.